The Balaban J connectivity index is 1.65. The van der Waals surface area contributed by atoms with Gasteiger partial charge in [-0.15, -0.1) is 0 Å². The molecule has 2 aromatic carbocycles. The molecule has 178 valence electrons. The van der Waals surface area contributed by atoms with Crippen molar-refractivity contribution in [2.24, 2.45) is 0 Å². The van der Waals surface area contributed by atoms with Gasteiger partial charge in [-0.3, -0.25) is 9.69 Å². The maximum atomic E-state index is 14.2. The fourth-order valence-electron chi connectivity index (χ4n) is 3.41. The first kappa shape index (κ1) is 24.1. The third kappa shape index (κ3) is 4.89. The van der Waals surface area contributed by atoms with Crippen molar-refractivity contribution in [1.82, 2.24) is 9.29 Å². The topological polar surface area (TPSA) is 83.7 Å². The van der Waals surface area contributed by atoms with Crippen LogP contribution in [0, 0.1) is 5.82 Å². The van der Waals surface area contributed by atoms with Crippen LogP contribution in [0.2, 0.25) is 0 Å². The molecule has 0 bridgehead atoms. The first-order valence-corrected chi connectivity index (χ1v) is 13.0. The van der Waals surface area contributed by atoms with Gasteiger partial charge >= 0.3 is 0 Å². The maximum absolute atomic E-state index is 14.2. The number of thiazole rings is 1. The minimum absolute atomic E-state index is 0.0904. The van der Waals surface area contributed by atoms with Gasteiger partial charge in [0.25, 0.3) is 5.91 Å². The molecule has 4 rings (SSSR count). The summed E-state index contributed by atoms with van der Waals surface area (Å²) in [5, 5.41) is 0.317. The Morgan fingerprint density at radius 1 is 1.12 bits per heavy atom. The highest BCUT2D eigenvalue weighted by molar-refractivity contribution is 7.89. The van der Waals surface area contributed by atoms with Crippen molar-refractivity contribution < 1.29 is 22.0 Å². The Bertz CT molecular complexity index is 1380. The van der Waals surface area contributed by atoms with Crippen molar-refractivity contribution in [1.29, 1.82) is 0 Å². The van der Waals surface area contributed by atoms with Crippen LogP contribution >= 0.6 is 11.3 Å². The van der Waals surface area contributed by atoms with E-state index in [1.165, 1.54) is 57.1 Å². The number of anilines is 1. The van der Waals surface area contributed by atoms with E-state index in [1.54, 1.807) is 31.3 Å². The van der Waals surface area contributed by atoms with Crippen molar-refractivity contribution in [3.05, 3.63) is 78.0 Å². The van der Waals surface area contributed by atoms with E-state index < -0.39 is 21.7 Å². The first-order chi connectivity index (χ1) is 16.3. The quantitative estimate of drug-likeness (QED) is 0.311. The highest BCUT2D eigenvalue weighted by Crippen LogP contribution is 2.32. The summed E-state index contributed by atoms with van der Waals surface area (Å²) < 4.78 is 47.2. The molecular formula is C24H24FN3O4S2. The number of sulfonamides is 1. The number of unbranched alkanes of at least 4 members (excludes halogenated alkanes) is 1. The third-order valence-electron chi connectivity index (χ3n) is 5.36. The molecule has 2 aromatic heterocycles. The van der Waals surface area contributed by atoms with Crippen LogP contribution < -0.4 is 4.90 Å². The van der Waals surface area contributed by atoms with Gasteiger partial charge in [-0.2, -0.15) is 0 Å². The molecule has 0 aliphatic carbocycles. The van der Waals surface area contributed by atoms with E-state index in [1.807, 2.05) is 6.92 Å². The lowest BCUT2D eigenvalue weighted by molar-refractivity contribution is 0.0983. The summed E-state index contributed by atoms with van der Waals surface area (Å²) in [4.78, 5) is 19.3. The van der Waals surface area contributed by atoms with Gasteiger partial charge in [0, 0.05) is 19.2 Å². The molecule has 7 nitrogen and oxygen atoms in total. The fraction of sp³-hybridized carbons (Fsp3) is 0.250. The third-order valence-corrected chi connectivity index (χ3v) is 8.28. The number of carbonyl (C=O) groups excluding carboxylic acids is 1. The van der Waals surface area contributed by atoms with Crippen LogP contribution in [-0.2, 0) is 16.6 Å². The molecular weight excluding hydrogens is 477 g/mol. The van der Waals surface area contributed by atoms with E-state index in [0.717, 1.165) is 12.8 Å². The summed E-state index contributed by atoms with van der Waals surface area (Å²) in [6.07, 6.45) is 3.15. The van der Waals surface area contributed by atoms with Crippen molar-refractivity contribution >= 4 is 42.6 Å². The zero-order valence-corrected chi connectivity index (χ0v) is 20.4. The van der Waals surface area contributed by atoms with Crippen molar-refractivity contribution in [3.63, 3.8) is 0 Å². The van der Waals surface area contributed by atoms with Crippen LogP contribution in [-0.4, -0.2) is 37.2 Å². The van der Waals surface area contributed by atoms with E-state index in [2.05, 4.69) is 4.98 Å². The number of furan rings is 1. The number of benzene rings is 2. The number of aromatic nitrogens is 1. The Hall–Kier alpha value is -3.08. The van der Waals surface area contributed by atoms with E-state index in [-0.39, 0.29) is 22.5 Å². The van der Waals surface area contributed by atoms with Crippen LogP contribution in [0.1, 0.15) is 35.9 Å². The van der Waals surface area contributed by atoms with Crippen LogP contribution in [0.3, 0.4) is 0 Å². The second-order valence-electron chi connectivity index (χ2n) is 7.76. The average molecular weight is 502 g/mol. The summed E-state index contributed by atoms with van der Waals surface area (Å²) in [5.41, 5.74) is 0.470. The van der Waals surface area contributed by atoms with Crippen LogP contribution in [0.25, 0.3) is 10.2 Å². The first-order valence-electron chi connectivity index (χ1n) is 10.8. The molecule has 0 fully saturated rings. The lowest BCUT2D eigenvalue weighted by Crippen LogP contribution is -2.30. The molecule has 0 saturated heterocycles. The predicted octanol–water partition coefficient (Wildman–Crippen LogP) is 5.30. The number of para-hydroxylation sites is 1. The average Bonchev–Trinajstić information content (AvgIpc) is 3.51. The van der Waals surface area contributed by atoms with Crippen molar-refractivity contribution in [2.45, 2.75) is 31.2 Å². The molecule has 0 spiro atoms. The molecule has 2 heterocycles. The molecule has 0 atom stereocenters. The number of hydrogen-bond donors (Lipinski definition) is 0. The van der Waals surface area contributed by atoms with Gasteiger partial charge in [-0.25, -0.2) is 22.1 Å². The van der Waals surface area contributed by atoms with Gasteiger partial charge in [0.05, 0.1) is 22.4 Å². The highest BCUT2D eigenvalue weighted by Gasteiger charge is 2.25. The van der Waals surface area contributed by atoms with Gasteiger partial charge in [0.1, 0.15) is 17.1 Å². The Kier molecular flexibility index (Phi) is 7.11. The van der Waals surface area contributed by atoms with Crippen LogP contribution in [0.5, 0.6) is 0 Å². The van der Waals surface area contributed by atoms with E-state index in [4.69, 9.17) is 4.42 Å². The normalized spacial score (nSPS) is 11.9. The SMILES string of the molecule is CCCCN(C)S(=O)(=O)c1ccc(C(=O)N(Cc2ccco2)c2nc3c(F)cccc3s2)cc1. The van der Waals surface area contributed by atoms with E-state index >= 15 is 0 Å². The molecule has 0 aliphatic rings. The number of halogens is 1. The smallest absolute Gasteiger partial charge is 0.260 e. The monoisotopic (exact) mass is 501 g/mol. The summed E-state index contributed by atoms with van der Waals surface area (Å²) in [6, 6.07) is 13.9. The van der Waals surface area contributed by atoms with Gasteiger partial charge in [-0.05, 0) is 55.0 Å². The second-order valence-corrected chi connectivity index (χ2v) is 10.8. The number of fused-ring (bicyclic) bond motifs is 1. The minimum Gasteiger partial charge on any atom is -0.467 e. The maximum Gasteiger partial charge on any atom is 0.260 e. The molecule has 34 heavy (non-hydrogen) atoms. The summed E-state index contributed by atoms with van der Waals surface area (Å²) in [5.74, 6) is -0.337. The lowest BCUT2D eigenvalue weighted by atomic mass is 10.2. The Morgan fingerprint density at radius 2 is 1.88 bits per heavy atom. The summed E-state index contributed by atoms with van der Waals surface area (Å²) in [6.45, 7) is 2.51. The predicted molar refractivity (Wildman–Crippen MR) is 130 cm³/mol. The van der Waals surface area contributed by atoms with Crippen LogP contribution in [0.4, 0.5) is 9.52 Å². The van der Waals surface area contributed by atoms with E-state index in [0.29, 0.717) is 22.1 Å². The molecule has 0 aliphatic heterocycles. The number of nitrogens with zero attached hydrogens (tertiary/aromatic N) is 3. The molecule has 1 amide bonds. The van der Waals surface area contributed by atoms with Crippen molar-refractivity contribution in [2.75, 3.05) is 18.5 Å². The molecule has 0 N–H and O–H groups in total. The largest absolute Gasteiger partial charge is 0.467 e. The summed E-state index contributed by atoms with van der Waals surface area (Å²) >= 11 is 1.19. The Labute approximate surface area is 201 Å². The molecule has 0 saturated carbocycles. The molecule has 4 aromatic rings. The van der Waals surface area contributed by atoms with Crippen molar-refractivity contribution in [3.8, 4) is 0 Å². The molecule has 0 radical (unpaired) electrons. The van der Waals surface area contributed by atoms with Gasteiger partial charge in [0.2, 0.25) is 10.0 Å². The molecule has 10 heteroatoms. The fourth-order valence-corrected chi connectivity index (χ4v) is 5.60. The number of rotatable bonds is 9. The number of carbonyl (C=O) groups is 1. The van der Waals surface area contributed by atoms with Gasteiger partial charge in [-0.1, -0.05) is 30.7 Å². The second kappa shape index (κ2) is 10.0. The number of hydrogen-bond acceptors (Lipinski definition) is 6. The lowest BCUT2D eigenvalue weighted by Gasteiger charge is -2.20. The van der Waals surface area contributed by atoms with Gasteiger partial charge in [0.15, 0.2) is 5.13 Å². The molecule has 0 unspecified atom stereocenters. The Morgan fingerprint density at radius 3 is 2.53 bits per heavy atom. The zero-order valence-electron chi connectivity index (χ0n) is 18.8. The van der Waals surface area contributed by atoms with Gasteiger partial charge < -0.3 is 4.42 Å². The highest BCUT2D eigenvalue weighted by atomic mass is 32.2. The zero-order chi connectivity index (χ0) is 24.3. The number of amides is 1. The van der Waals surface area contributed by atoms with E-state index in [9.17, 15) is 17.6 Å². The minimum atomic E-state index is -3.65. The summed E-state index contributed by atoms with van der Waals surface area (Å²) in [7, 11) is -2.10. The standard InChI is InChI=1S/C24H24FN3O4S2/c1-3-4-14-27(2)34(30,31)19-12-10-17(11-13-19)23(29)28(16-18-7-6-15-32-18)24-26-22-20(25)8-5-9-21(22)33-24/h5-13,15H,3-4,14,16H2,1-2H3. The van der Waals surface area contributed by atoms with Crippen LogP contribution in [0.15, 0.2) is 70.2 Å².